The summed E-state index contributed by atoms with van der Waals surface area (Å²) in [6, 6.07) is 9.44. The monoisotopic (exact) mass is 243 g/mol. The lowest BCUT2D eigenvalue weighted by molar-refractivity contribution is 0.376. The highest BCUT2D eigenvalue weighted by Gasteiger charge is 2.18. The van der Waals surface area contributed by atoms with E-state index in [9.17, 15) is 0 Å². The molecule has 1 unspecified atom stereocenters. The van der Waals surface area contributed by atoms with Crippen molar-refractivity contribution in [2.45, 2.75) is 50.9 Å². The van der Waals surface area contributed by atoms with Crippen LogP contribution in [0.25, 0.3) is 0 Å². The normalized spacial score (nSPS) is 25.4. The van der Waals surface area contributed by atoms with Crippen LogP contribution in [0, 0.1) is 5.92 Å². The van der Waals surface area contributed by atoms with Gasteiger partial charge in [-0.1, -0.05) is 37.1 Å². The second kappa shape index (κ2) is 5.88. The molecule has 98 valence electrons. The Hall–Kier alpha value is -0.820. The van der Waals surface area contributed by atoms with E-state index < -0.39 is 0 Å². The zero-order chi connectivity index (χ0) is 12.2. The highest BCUT2D eigenvalue weighted by atomic mass is 14.9. The van der Waals surface area contributed by atoms with Gasteiger partial charge < -0.3 is 5.32 Å². The molecule has 1 saturated carbocycles. The minimum atomic E-state index is 0.856. The molecule has 0 aromatic heterocycles. The van der Waals surface area contributed by atoms with Crippen LogP contribution in [0.15, 0.2) is 24.3 Å². The zero-order valence-electron chi connectivity index (χ0n) is 11.3. The van der Waals surface area contributed by atoms with Crippen molar-refractivity contribution in [1.29, 1.82) is 0 Å². The predicted octanol–water partition coefficient (Wildman–Crippen LogP) is 3.89. The first kappa shape index (κ1) is 12.2. The third-order valence-electron chi connectivity index (χ3n) is 4.70. The van der Waals surface area contributed by atoms with Crippen LogP contribution in [0.3, 0.4) is 0 Å². The van der Waals surface area contributed by atoms with Crippen molar-refractivity contribution in [2.75, 3.05) is 13.1 Å². The van der Waals surface area contributed by atoms with Crippen LogP contribution in [-0.2, 0) is 6.42 Å². The second-order valence-corrected chi connectivity index (χ2v) is 6.14. The Bertz CT molecular complexity index is 373. The van der Waals surface area contributed by atoms with Gasteiger partial charge in [0.1, 0.15) is 0 Å². The highest BCUT2D eigenvalue weighted by molar-refractivity contribution is 5.27. The number of nitrogens with one attached hydrogen (secondary N) is 1. The van der Waals surface area contributed by atoms with Gasteiger partial charge in [0.05, 0.1) is 0 Å². The molecular weight excluding hydrogens is 218 g/mol. The van der Waals surface area contributed by atoms with Crippen molar-refractivity contribution in [3.8, 4) is 0 Å². The van der Waals surface area contributed by atoms with E-state index in [2.05, 4.69) is 29.6 Å². The largest absolute Gasteiger partial charge is 0.316 e. The molecule has 1 heteroatoms. The summed E-state index contributed by atoms with van der Waals surface area (Å²) in [6.45, 7) is 2.44. The van der Waals surface area contributed by atoms with Gasteiger partial charge in [0, 0.05) is 0 Å². The molecule has 1 aliphatic carbocycles. The molecule has 1 aromatic rings. The summed E-state index contributed by atoms with van der Waals surface area (Å²) in [4.78, 5) is 0. The molecule has 1 atom stereocenters. The van der Waals surface area contributed by atoms with Gasteiger partial charge in [-0.3, -0.25) is 0 Å². The van der Waals surface area contributed by atoms with E-state index in [0.717, 1.165) is 11.8 Å². The molecule has 1 aliphatic heterocycles. The fourth-order valence-electron chi connectivity index (χ4n) is 3.66. The maximum Gasteiger partial charge on any atom is -0.00173 e. The quantitative estimate of drug-likeness (QED) is 0.849. The molecule has 2 fully saturated rings. The number of piperidine rings is 1. The van der Waals surface area contributed by atoms with E-state index in [1.165, 1.54) is 58.0 Å². The Balaban J connectivity index is 1.66. The van der Waals surface area contributed by atoms with E-state index in [4.69, 9.17) is 0 Å². The number of rotatable bonds is 3. The van der Waals surface area contributed by atoms with Crippen molar-refractivity contribution in [1.82, 2.24) is 5.32 Å². The first-order valence-corrected chi connectivity index (χ1v) is 7.71. The van der Waals surface area contributed by atoms with E-state index in [1.807, 2.05) is 0 Å². The fraction of sp³-hybridized carbons (Fsp3) is 0.647. The Morgan fingerprint density at radius 1 is 1.06 bits per heavy atom. The minimum absolute atomic E-state index is 0.856. The van der Waals surface area contributed by atoms with Crippen LogP contribution < -0.4 is 5.32 Å². The molecule has 0 amide bonds. The van der Waals surface area contributed by atoms with E-state index in [1.54, 1.807) is 11.1 Å². The van der Waals surface area contributed by atoms with Gasteiger partial charge in [-0.15, -0.1) is 0 Å². The fourth-order valence-corrected chi connectivity index (χ4v) is 3.66. The van der Waals surface area contributed by atoms with Crippen molar-refractivity contribution >= 4 is 0 Å². The molecule has 1 N–H and O–H groups in total. The summed E-state index contributed by atoms with van der Waals surface area (Å²) in [5.41, 5.74) is 3.17. The Kier molecular flexibility index (Phi) is 3.99. The standard InChI is InChI=1S/C17H25N/c1-2-8-16(7-1)17-9-3-5-14(12-17)11-15-6-4-10-18-13-15/h3,5,9,12,15-16,18H,1-2,4,6-8,10-11,13H2. The average molecular weight is 243 g/mol. The van der Waals surface area contributed by atoms with Crippen LogP contribution in [-0.4, -0.2) is 13.1 Å². The first-order chi connectivity index (χ1) is 8.92. The van der Waals surface area contributed by atoms with Gasteiger partial charge >= 0.3 is 0 Å². The van der Waals surface area contributed by atoms with Gasteiger partial charge in [-0.25, -0.2) is 0 Å². The lowest BCUT2D eigenvalue weighted by Gasteiger charge is -2.23. The van der Waals surface area contributed by atoms with Crippen LogP contribution in [0.2, 0.25) is 0 Å². The van der Waals surface area contributed by atoms with Crippen LogP contribution in [0.1, 0.15) is 55.6 Å². The molecule has 0 radical (unpaired) electrons. The van der Waals surface area contributed by atoms with Crippen LogP contribution in [0.4, 0.5) is 0 Å². The molecular formula is C17H25N. The molecule has 1 saturated heterocycles. The van der Waals surface area contributed by atoms with Crippen molar-refractivity contribution in [3.63, 3.8) is 0 Å². The van der Waals surface area contributed by atoms with Gasteiger partial charge in [0.2, 0.25) is 0 Å². The zero-order valence-corrected chi connectivity index (χ0v) is 11.3. The van der Waals surface area contributed by atoms with Gasteiger partial charge in [0.25, 0.3) is 0 Å². The smallest absolute Gasteiger partial charge is 0.00173 e. The van der Waals surface area contributed by atoms with Gasteiger partial charge in [-0.05, 0) is 68.2 Å². The third-order valence-corrected chi connectivity index (χ3v) is 4.70. The van der Waals surface area contributed by atoms with E-state index in [-0.39, 0.29) is 0 Å². The highest BCUT2D eigenvalue weighted by Crippen LogP contribution is 2.34. The summed E-state index contributed by atoms with van der Waals surface area (Å²) in [5, 5.41) is 3.52. The summed E-state index contributed by atoms with van der Waals surface area (Å²) in [6.07, 6.45) is 9.72. The summed E-state index contributed by atoms with van der Waals surface area (Å²) in [7, 11) is 0. The third kappa shape index (κ3) is 2.95. The van der Waals surface area contributed by atoms with E-state index in [0.29, 0.717) is 0 Å². The Labute approximate surface area is 111 Å². The Morgan fingerprint density at radius 2 is 1.94 bits per heavy atom. The predicted molar refractivity (Wildman–Crippen MR) is 76.9 cm³/mol. The molecule has 1 heterocycles. The molecule has 3 rings (SSSR count). The lowest BCUT2D eigenvalue weighted by atomic mass is 9.89. The Morgan fingerprint density at radius 3 is 2.72 bits per heavy atom. The van der Waals surface area contributed by atoms with Crippen molar-refractivity contribution in [3.05, 3.63) is 35.4 Å². The first-order valence-electron chi connectivity index (χ1n) is 7.71. The number of hydrogen-bond acceptors (Lipinski definition) is 1. The SMILES string of the molecule is c1cc(CC2CCCNC2)cc(C2CCCC2)c1. The average Bonchev–Trinajstić information content (AvgIpc) is 2.94. The summed E-state index contributed by atoms with van der Waals surface area (Å²) >= 11 is 0. The topological polar surface area (TPSA) is 12.0 Å². The maximum atomic E-state index is 3.52. The number of hydrogen-bond donors (Lipinski definition) is 1. The van der Waals surface area contributed by atoms with E-state index >= 15 is 0 Å². The molecule has 2 aliphatic rings. The lowest BCUT2D eigenvalue weighted by Crippen LogP contribution is -2.30. The molecule has 0 bridgehead atoms. The second-order valence-electron chi connectivity index (χ2n) is 6.14. The molecule has 1 nitrogen and oxygen atoms in total. The molecule has 18 heavy (non-hydrogen) atoms. The van der Waals surface area contributed by atoms with Gasteiger partial charge in [0.15, 0.2) is 0 Å². The molecule has 0 spiro atoms. The number of benzene rings is 1. The van der Waals surface area contributed by atoms with Crippen molar-refractivity contribution in [2.24, 2.45) is 5.92 Å². The van der Waals surface area contributed by atoms with Crippen molar-refractivity contribution < 1.29 is 0 Å². The summed E-state index contributed by atoms with van der Waals surface area (Å²) in [5.74, 6) is 1.71. The summed E-state index contributed by atoms with van der Waals surface area (Å²) < 4.78 is 0. The molecule has 1 aromatic carbocycles. The van der Waals surface area contributed by atoms with Gasteiger partial charge in [-0.2, -0.15) is 0 Å². The minimum Gasteiger partial charge on any atom is -0.316 e. The maximum absolute atomic E-state index is 3.52. The van der Waals surface area contributed by atoms with Crippen LogP contribution in [0.5, 0.6) is 0 Å². The van der Waals surface area contributed by atoms with Crippen LogP contribution >= 0.6 is 0 Å².